The van der Waals surface area contributed by atoms with E-state index < -0.39 is 0 Å². The first-order valence-electron chi connectivity index (χ1n) is 4.62. The van der Waals surface area contributed by atoms with E-state index in [0.29, 0.717) is 13.1 Å². The third kappa shape index (κ3) is 3.05. The van der Waals surface area contributed by atoms with E-state index in [1.807, 2.05) is 19.1 Å². The van der Waals surface area contributed by atoms with E-state index in [1.165, 1.54) is 0 Å². The number of nitrogens with one attached hydrogen (secondary N) is 1. The number of pyridine rings is 1. The molecule has 1 aromatic heterocycles. The Morgan fingerprint density at radius 3 is 2.71 bits per heavy atom. The molecule has 0 radical (unpaired) electrons. The standard InChI is InChI=1S/C10H15N3O/c1-3-13(2)10(14)12-8-9-4-6-11-7-5-9/h4-7H,3,8H2,1-2H3,(H,12,14). The van der Waals surface area contributed by atoms with Gasteiger partial charge < -0.3 is 10.2 Å². The minimum atomic E-state index is -0.0516. The topological polar surface area (TPSA) is 45.2 Å². The summed E-state index contributed by atoms with van der Waals surface area (Å²) in [5.74, 6) is 0. The predicted octanol–water partition coefficient (Wildman–Crippen LogP) is 1.24. The molecule has 1 rings (SSSR count). The van der Waals surface area contributed by atoms with Crippen molar-refractivity contribution in [2.45, 2.75) is 13.5 Å². The Kier molecular flexibility index (Phi) is 3.91. The van der Waals surface area contributed by atoms with Crippen molar-refractivity contribution in [1.82, 2.24) is 15.2 Å². The fraction of sp³-hybridized carbons (Fsp3) is 0.400. The van der Waals surface area contributed by atoms with Gasteiger partial charge in [-0.3, -0.25) is 4.98 Å². The molecule has 76 valence electrons. The molecule has 0 atom stereocenters. The second kappa shape index (κ2) is 5.21. The predicted molar refractivity (Wildman–Crippen MR) is 54.8 cm³/mol. The Morgan fingerprint density at radius 2 is 2.14 bits per heavy atom. The van der Waals surface area contributed by atoms with E-state index in [4.69, 9.17) is 0 Å². The Bertz CT molecular complexity index is 287. The molecule has 1 heterocycles. The molecule has 2 amide bonds. The van der Waals surface area contributed by atoms with Crippen LogP contribution in [0.1, 0.15) is 12.5 Å². The van der Waals surface area contributed by atoms with Gasteiger partial charge in [-0.05, 0) is 24.6 Å². The summed E-state index contributed by atoms with van der Waals surface area (Å²) < 4.78 is 0. The molecule has 0 aliphatic heterocycles. The van der Waals surface area contributed by atoms with Crippen LogP contribution < -0.4 is 5.32 Å². The minimum Gasteiger partial charge on any atom is -0.334 e. The second-order valence-corrected chi connectivity index (χ2v) is 3.03. The molecule has 1 N–H and O–H groups in total. The van der Waals surface area contributed by atoms with Crippen LogP contribution in [0.2, 0.25) is 0 Å². The Labute approximate surface area is 83.9 Å². The minimum absolute atomic E-state index is 0.0516. The summed E-state index contributed by atoms with van der Waals surface area (Å²) in [5.41, 5.74) is 1.05. The van der Waals surface area contributed by atoms with E-state index >= 15 is 0 Å². The molecular formula is C10H15N3O. The van der Waals surface area contributed by atoms with Crippen molar-refractivity contribution in [3.05, 3.63) is 30.1 Å². The molecule has 0 spiro atoms. The second-order valence-electron chi connectivity index (χ2n) is 3.03. The van der Waals surface area contributed by atoms with Crippen LogP contribution >= 0.6 is 0 Å². The molecule has 0 aliphatic rings. The number of amides is 2. The van der Waals surface area contributed by atoms with Crippen molar-refractivity contribution >= 4 is 6.03 Å². The normalized spacial score (nSPS) is 9.57. The molecular weight excluding hydrogens is 178 g/mol. The molecule has 0 fully saturated rings. The zero-order chi connectivity index (χ0) is 10.4. The van der Waals surface area contributed by atoms with Gasteiger partial charge >= 0.3 is 6.03 Å². The van der Waals surface area contributed by atoms with Crippen molar-refractivity contribution in [2.75, 3.05) is 13.6 Å². The summed E-state index contributed by atoms with van der Waals surface area (Å²) in [6.07, 6.45) is 3.43. The lowest BCUT2D eigenvalue weighted by atomic mass is 10.3. The SMILES string of the molecule is CCN(C)C(=O)NCc1ccncc1. The monoisotopic (exact) mass is 193 g/mol. The molecule has 0 aromatic carbocycles. The Balaban J connectivity index is 2.38. The molecule has 4 heteroatoms. The number of carbonyl (C=O) groups excluding carboxylic acids is 1. The Morgan fingerprint density at radius 1 is 1.50 bits per heavy atom. The molecule has 14 heavy (non-hydrogen) atoms. The van der Waals surface area contributed by atoms with Crippen LogP contribution in [0.25, 0.3) is 0 Å². The highest BCUT2D eigenvalue weighted by molar-refractivity contribution is 5.73. The summed E-state index contributed by atoms with van der Waals surface area (Å²) >= 11 is 0. The fourth-order valence-corrected chi connectivity index (χ4v) is 0.957. The third-order valence-electron chi connectivity index (χ3n) is 2.01. The number of aromatic nitrogens is 1. The van der Waals surface area contributed by atoms with Gasteiger partial charge in [-0.2, -0.15) is 0 Å². The summed E-state index contributed by atoms with van der Waals surface area (Å²) in [6.45, 7) is 3.19. The van der Waals surface area contributed by atoms with Crippen LogP contribution in [0, 0.1) is 0 Å². The summed E-state index contributed by atoms with van der Waals surface area (Å²) in [4.78, 5) is 16.9. The lowest BCUT2D eigenvalue weighted by molar-refractivity contribution is 0.210. The molecule has 0 unspecified atom stereocenters. The van der Waals surface area contributed by atoms with Gasteiger partial charge in [0.15, 0.2) is 0 Å². The van der Waals surface area contributed by atoms with Gasteiger partial charge in [-0.1, -0.05) is 0 Å². The number of urea groups is 1. The first kappa shape index (κ1) is 10.5. The van der Waals surface area contributed by atoms with Crippen LogP contribution in [0.4, 0.5) is 4.79 Å². The molecule has 1 aromatic rings. The number of hydrogen-bond donors (Lipinski definition) is 1. The number of hydrogen-bond acceptors (Lipinski definition) is 2. The largest absolute Gasteiger partial charge is 0.334 e. The first-order valence-corrected chi connectivity index (χ1v) is 4.62. The maximum atomic E-state index is 11.3. The van der Waals surface area contributed by atoms with Gasteiger partial charge in [0.1, 0.15) is 0 Å². The third-order valence-corrected chi connectivity index (χ3v) is 2.01. The van der Waals surface area contributed by atoms with Crippen molar-refractivity contribution in [2.24, 2.45) is 0 Å². The smallest absolute Gasteiger partial charge is 0.317 e. The van der Waals surface area contributed by atoms with Crippen LogP contribution in [0.15, 0.2) is 24.5 Å². The van der Waals surface area contributed by atoms with Crippen LogP contribution in [0.5, 0.6) is 0 Å². The average molecular weight is 193 g/mol. The first-order chi connectivity index (χ1) is 6.74. The van der Waals surface area contributed by atoms with Gasteiger partial charge in [-0.25, -0.2) is 4.79 Å². The highest BCUT2D eigenvalue weighted by atomic mass is 16.2. The Hall–Kier alpha value is -1.58. The average Bonchev–Trinajstić information content (AvgIpc) is 2.26. The molecule has 4 nitrogen and oxygen atoms in total. The highest BCUT2D eigenvalue weighted by Gasteiger charge is 2.04. The van der Waals surface area contributed by atoms with Crippen LogP contribution in [-0.4, -0.2) is 29.5 Å². The highest BCUT2D eigenvalue weighted by Crippen LogP contribution is 1.95. The summed E-state index contributed by atoms with van der Waals surface area (Å²) in [6, 6.07) is 3.71. The summed E-state index contributed by atoms with van der Waals surface area (Å²) in [5, 5.41) is 2.81. The maximum Gasteiger partial charge on any atom is 0.317 e. The van der Waals surface area contributed by atoms with Gasteiger partial charge in [0.25, 0.3) is 0 Å². The fourth-order valence-electron chi connectivity index (χ4n) is 0.957. The zero-order valence-corrected chi connectivity index (χ0v) is 8.53. The van der Waals surface area contributed by atoms with Crippen molar-refractivity contribution < 1.29 is 4.79 Å². The number of carbonyl (C=O) groups is 1. The van der Waals surface area contributed by atoms with E-state index in [1.54, 1.807) is 24.3 Å². The lowest BCUT2D eigenvalue weighted by Gasteiger charge is -2.15. The van der Waals surface area contributed by atoms with E-state index in [9.17, 15) is 4.79 Å². The molecule has 0 bridgehead atoms. The van der Waals surface area contributed by atoms with Gasteiger partial charge in [0.2, 0.25) is 0 Å². The van der Waals surface area contributed by atoms with E-state index in [0.717, 1.165) is 5.56 Å². The molecule has 0 saturated heterocycles. The zero-order valence-electron chi connectivity index (χ0n) is 8.53. The van der Waals surface area contributed by atoms with E-state index in [-0.39, 0.29) is 6.03 Å². The van der Waals surface area contributed by atoms with Crippen molar-refractivity contribution in [3.8, 4) is 0 Å². The van der Waals surface area contributed by atoms with Crippen LogP contribution in [-0.2, 0) is 6.54 Å². The van der Waals surface area contributed by atoms with Gasteiger partial charge in [0, 0.05) is 32.5 Å². The van der Waals surface area contributed by atoms with Gasteiger partial charge in [-0.15, -0.1) is 0 Å². The lowest BCUT2D eigenvalue weighted by Crippen LogP contribution is -2.36. The van der Waals surface area contributed by atoms with Gasteiger partial charge in [0.05, 0.1) is 0 Å². The molecule has 0 aliphatic carbocycles. The molecule has 0 saturated carbocycles. The van der Waals surface area contributed by atoms with Crippen molar-refractivity contribution in [3.63, 3.8) is 0 Å². The van der Waals surface area contributed by atoms with Crippen LogP contribution in [0.3, 0.4) is 0 Å². The quantitative estimate of drug-likeness (QED) is 0.785. The van der Waals surface area contributed by atoms with Crippen molar-refractivity contribution in [1.29, 1.82) is 0 Å². The number of rotatable bonds is 3. The summed E-state index contributed by atoms with van der Waals surface area (Å²) in [7, 11) is 1.77. The van der Waals surface area contributed by atoms with E-state index in [2.05, 4.69) is 10.3 Å². The number of nitrogens with zero attached hydrogens (tertiary/aromatic N) is 2. The maximum absolute atomic E-state index is 11.3.